The molecule has 252 valence electrons. The molecule has 0 bridgehead atoms. The number of hydrogen-bond acceptors (Lipinski definition) is 8. The molecule has 2 aromatic carbocycles. The SMILES string of the molecule is CC(C)NC(=O)C1(C2CCCCC2)CCN(C)CC1.CNCC=O.Cc1ccc(Cl)cc1.O=Cc1cc(=O)c2cc(O)ccc2o1. The van der Waals surface area contributed by atoms with Crippen molar-refractivity contribution in [1.29, 1.82) is 0 Å². The van der Waals surface area contributed by atoms with Gasteiger partial charge in [-0.05, 0) is 110 Å². The normalized spacial score (nSPS) is 16.1. The van der Waals surface area contributed by atoms with E-state index in [9.17, 15) is 19.2 Å². The molecule has 2 aliphatic rings. The van der Waals surface area contributed by atoms with Gasteiger partial charge in [-0.2, -0.15) is 0 Å². The van der Waals surface area contributed by atoms with E-state index in [0.717, 1.165) is 43.3 Å². The van der Waals surface area contributed by atoms with E-state index in [1.165, 1.54) is 55.9 Å². The lowest BCUT2D eigenvalue weighted by Crippen LogP contribution is -2.53. The molecule has 1 aromatic heterocycles. The lowest BCUT2D eigenvalue weighted by molar-refractivity contribution is -0.139. The van der Waals surface area contributed by atoms with E-state index in [0.29, 0.717) is 24.7 Å². The number of aldehydes is 2. The first-order valence-electron chi connectivity index (χ1n) is 16.0. The molecule has 1 aliphatic heterocycles. The number of rotatable bonds is 6. The highest BCUT2D eigenvalue weighted by Crippen LogP contribution is 2.46. The average Bonchev–Trinajstić information content (AvgIpc) is 3.04. The highest BCUT2D eigenvalue weighted by Gasteiger charge is 2.46. The third kappa shape index (κ3) is 12.3. The Bertz CT molecular complexity index is 1400. The van der Waals surface area contributed by atoms with Crippen molar-refractivity contribution in [2.24, 2.45) is 11.3 Å². The van der Waals surface area contributed by atoms with Crippen LogP contribution < -0.4 is 16.1 Å². The second-order valence-corrected chi connectivity index (χ2v) is 12.7. The van der Waals surface area contributed by atoms with E-state index in [-0.39, 0.29) is 39.4 Å². The Morgan fingerprint density at radius 3 is 2.20 bits per heavy atom. The molecule has 2 heterocycles. The highest BCUT2D eigenvalue weighted by atomic mass is 35.5. The van der Waals surface area contributed by atoms with Gasteiger partial charge in [-0.3, -0.25) is 14.4 Å². The highest BCUT2D eigenvalue weighted by molar-refractivity contribution is 6.30. The molecule has 3 aromatic rings. The number of halogens is 1. The molecule has 0 radical (unpaired) electrons. The van der Waals surface area contributed by atoms with Crippen molar-refractivity contribution in [2.75, 3.05) is 33.7 Å². The number of aryl methyl sites for hydroxylation is 1. The van der Waals surface area contributed by atoms with Gasteiger partial charge in [-0.1, -0.05) is 48.6 Å². The van der Waals surface area contributed by atoms with Crippen molar-refractivity contribution in [1.82, 2.24) is 15.5 Å². The molecule has 1 aliphatic carbocycles. The Morgan fingerprint density at radius 2 is 1.70 bits per heavy atom. The molecule has 9 nitrogen and oxygen atoms in total. The van der Waals surface area contributed by atoms with Gasteiger partial charge in [0.1, 0.15) is 17.6 Å². The number of likely N-dealkylation sites (tertiary alicyclic amines) is 1. The summed E-state index contributed by atoms with van der Waals surface area (Å²) in [6, 6.07) is 13.2. The fraction of sp³-hybridized carbons (Fsp3) is 0.500. The fourth-order valence-corrected chi connectivity index (χ4v) is 5.86. The van der Waals surface area contributed by atoms with E-state index in [4.69, 9.17) is 21.1 Å². The van der Waals surface area contributed by atoms with Crippen LogP contribution in [0.2, 0.25) is 5.02 Å². The van der Waals surface area contributed by atoms with E-state index in [1.54, 1.807) is 7.05 Å². The molecule has 1 saturated carbocycles. The predicted molar refractivity (Wildman–Crippen MR) is 185 cm³/mol. The summed E-state index contributed by atoms with van der Waals surface area (Å²) in [4.78, 5) is 46.3. The van der Waals surface area contributed by atoms with Gasteiger partial charge in [0.05, 0.1) is 17.3 Å². The average molecular weight is 656 g/mol. The number of phenols is 1. The Morgan fingerprint density at radius 1 is 1.07 bits per heavy atom. The van der Waals surface area contributed by atoms with Crippen molar-refractivity contribution < 1.29 is 23.9 Å². The third-order valence-electron chi connectivity index (χ3n) is 8.28. The largest absolute Gasteiger partial charge is 0.508 e. The number of fused-ring (bicyclic) bond motifs is 1. The molecule has 0 unspecified atom stereocenters. The fourth-order valence-electron chi connectivity index (χ4n) is 5.74. The van der Waals surface area contributed by atoms with Crippen LogP contribution in [0.3, 0.4) is 0 Å². The van der Waals surface area contributed by atoms with Crippen molar-refractivity contribution >= 4 is 41.0 Å². The molecule has 0 atom stereocenters. The monoisotopic (exact) mass is 655 g/mol. The number of aromatic hydroxyl groups is 1. The standard InChI is InChI=1S/C16H30N2O.C10H6O4.C7H7Cl.C3H7NO/c1-13(2)17-15(19)16(9-11-18(3)12-10-16)14-7-5-4-6-8-14;11-5-7-4-9(13)8-3-6(12)1-2-10(8)14-7;1-6-2-4-7(8)5-3-6;1-4-2-3-5/h13-14H,4-12H2,1-3H3,(H,17,19);1-5,12H;2-5H,1H3;3-4H,2H2,1H3. The number of nitrogens with one attached hydrogen (secondary N) is 2. The van der Waals surface area contributed by atoms with E-state index >= 15 is 0 Å². The molecule has 5 rings (SSSR count). The first kappa shape index (κ1) is 38.7. The van der Waals surface area contributed by atoms with Crippen molar-refractivity contribution in [2.45, 2.75) is 71.8 Å². The minimum atomic E-state index is -0.343. The number of hydrogen-bond donors (Lipinski definition) is 3. The second-order valence-electron chi connectivity index (χ2n) is 12.3. The van der Waals surface area contributed by atoms with Crippen LogP contribution in [0.1, 0.15) is 74.9 Å². The number of likely N-dealkylation sites (N-methyl/N-ethyl adjacent to an activating group) is 1. The Hall–Kier alpha value is -3.53. The number of carbonyl (C=O) groups is 3. The Labute approximate surface area is 277 Å². The minimum absolute atomic E-state index is 0.0105. The van der Waals surface area contributed by atoms with Gasteiger partial charge in [0.2, 0.25) is 5.91 Å². The molecule has 46 heavy (non-hydrogen) atoms. The van der Waals surface area contributed by atoms with E-state index < -0.39 is 0 Å². The molecule has 10 heteroatoms. The lowest BCUT2D eigenvalue weighted by Gasteiger charge is -2.46. The van der Waals surface area contributed by atoms with Crippen LogP contribution in [0, 0.1) is 18.3 Å². The van der Waals surface area contributed by atoms with Crippen LogP contribution >= 0.6 is 11.6 Å². The van der Waals surface area contributed by atoms with Gasteiger partial charge >= 0.3 is 0 Å². The summed E-state index contributed by atoms with van der Waals surface area (Å²) < 4.78 is 5.07. The van der Waals surface area contributed by atoms with E-state index in [2.05, 4.69) is 36.4 Å². The number of carbonyl (C=O) groups excluding carboxylic acids is 3. The zero-order valence-electron chi connectivity index (χ0n) is 27.8. The molecular weight excluding hydrogens is 606 g/mol. The lowest BCUT2D eigenvalue weighted by atomic mass is 9.63. The quantitative estimate of drug-likeness (QED) is 0.269. The van der Waals surface area contributed by atoms with Gasteiger partial charge in [-0.15, -0.1) is 0 Å². The van der Waals surface area contributed by atoms with Gasteiger partial charge < -0.3 is 29.9 Å². The summed E-state index contributed by atoms with van der Waals surface area (Å²) in [5, 5.41) is 16.0. The summed E-state index contributed by atoms with van der Waals surface area (Å²) in [6.45, 7) is 8.78. The Kier molecular flexibility index (Phi) is 16.7. The van der Waals surface area contributed by atoms with Crippen LogP contribution in [-0.4, -0.2) is 68.3 Å². The maximum Gasteiger partial charge on any atom is 0.226 e. The Balaban J connectivity index is 0.000000238. The number of phenolic OH excluding ortho intramolecular Hbond substituents is 1. The van der Waals surface area contributed by atoms with Crippen LogP contribution in [0.25, 0.3) is 11.0 Å². The topological polar surface area (TPSA) is 129 Å². The molecule has 1 saturated heterocycles. The summed E-state index contributed by atoms with van der Waals surface area (Å²) in [5.41, 5.74) is 1.12. The predicted octanol–water partition coefficient (Wildman–Crippen LogP) is 6.17. The van der Waals surface area contributed by atoms with Gasteiger partial charge in [-0.25, -0.2) is 0 Å². The number of piperidine rings is 1. The van der Waals surface area contributed by atoms with Crippen molar-refractivity contribution in [3.8, 4) is 5.75 Å². The van der Waals surface area contributed by atoms with E-state index in [1.807, 2.05) is 31.2 Å². The number of nitrogens with zero attached hydrogens (tertiary/aromatic N) is 1. The summed E-state index contributed by atoms with van der Waals surface area (Å²) in [7, 11) is 3.90. The molecule has 1 amide bonds. The summed E-state index contributed by atoms with van der Waals surface area (Å²) >= 11 is 5.61. The van der Waals surface area contributed by atoms with Gasteiger partial charge in [0.25, 0.3) is 0 Å². The molecule has 0 spiro atoms. The smallest absolute Gasteiger partial charge is 0.226 e. The molecule has 3 N–H and O–H groups in total. The minimum Gasteiger partial charge on any atom is -0.508 e. The molecule has 2 fully saturated rings. The third-order valence-corrected chi connectivity index (χ3v) is 8.53. The van der Waals surface area contributed by atoms with Crippen molar-refractivity contribution in [3.05, 3.63) is 75.1 Å². The van der Waals surface area contributed by atoms with Crippen molar-refractivity contribution in [3.63, 3.8) is 0 Å². The second kappa shape index (κ2) is 19.9. The number of benzene rings is 2. The number of amides is 1. The van der Waals surface area contributed by atoms with Gasteiger partial charge in [0, 0.05) is 17.1 Å². The first-order valence-corrected chi connectivity index (χ1v) is 16.4. The maximum atomic E-state index is 12.8. The van der Waals surface area contributed by atoms with Gasteiger partial charge in [0.15, 0.2) is 17.5 Å². The molecular formula is C36H50ClN3O6. The van der Waals surface area contributed by atoms with Crippen LogP contribution in [0.4, 0.5) is 0 Å². The van der Waals surface area contributed by atoms with Crippen LogP contribution in [-0.2, 0) is 9.59 Å². The zero-order chi connectivity index (χ0) is 34.1. The first-order chi connectivity index (χ1) is 21.9. The maximum absolute atomic E-state index is 12.8. The zero-order valence-corrected chi connectivity index (χ0v) is 28.6. The summed E-state index contributed by atoms with van der Waals surface area (Å²) in [5.74, 6) is 0.924. The summed E-state index contributed by atoms with van der Waals surface area (Å²) in [6.07, 6.45) is 9.89. The van der Waals surface area contributed by atoms with Crippen LogP contribution in [0.5, 0.6) is 5.75 Å². The van der Waals surface area contributed by atoms with Crippen LogP contribution in [0.15, 0.2) is 57.7 Å².